The number of morpholine rings is 1. The largest absolute Gasteiger partial charge is 0.369 e. The van der Waals surface area contributed by atoms with Crippen molar-refractivity contribution in [3.63, 3.8) is 0 Å². The van der Waals surface area contributed by atoms with Crippen LogP contribution in [0.5, 0.6) is 0 Å². The lowest BCUT2D eigenvalue weighted by Gasteiger charge is -2.34. The van der Waals surface area contributed by atoms with E-state index in [1.807, 2.05) is 35.7 Å². The minimum absolute atomic E-state index is 0.0166. The van der Waals surface area contributed by atoms with Crippen molar-refractivity contribution in [3.05, 3.63) is 52.5 Å². The first-order valence-corrected chi connectivity index (χ1v) is 8.24. The van der Waals surface area contributed by atoms with Crippen LogP contribution in [-0.2, 0) is 27.4 Å². The Balaban J connectivity index is 1.67. The molecule has 2 amide bonds. The Morgan fingerprint density at radius 2 is 2.22 bits per heavy atom. The van der Waals surface area contributed by atoms with E-state index in [1.54, 1.807) is 10.4 Å². The molecule has 2 aromatic rings. The average Bonchev–Trinajstić information content (AvgIpc) is 3.09. The maximum Gasteiger partial charge on any atom is 0.249 e. The molecule has 1 N–H and O–H groups in total. The summed E-state index contributed by atoms with van der Waals surface area (Å²) in [6.07, 6.45) is 0. The molecule has 1 atom stereocenters. The zero-order chi connectivity index (χ0) is 16.1. The van der Waals surface area contributed by atoms with Crippen molar-refractivity contribution < 1.29 is 14.3 Å². The SMILES string of the molecule is O=C(NCc1cscn1)C1COCC(=O)N1Cc1ccccc1. The highest BCUT2D eigenvalue weighted by atomic mass is 32.1. The van der Waals surface area contributed by atoms with Crippen molar-refractivity contribution in [1.29, 1.82) is 0 Å². The Hall–Kier alpha value is -2.25. The van der Waals surface area contributed by atoms with Crippen LogP contribution in [0.4, 0.5) is 0 Å². The maximum atomic E-state index is 12.4. The van der Waals surface area contributed by atoms with E-state index in [9.17, 15) is 9.59 Å². The Kier molecular flexibility index (Phi) is 4.99. The lowest BCUT2D eigenvalue weighted by atomic mass is 10.1. The van der Waals surface area contributed by atoms with Crippen molar-refractivity contribution in [2.24, 2.45) is 0 Å². The van der Waals surface area contributed by atoms with Crippen molar-refractivity contribution >= 4 is 23.2 Å². The average molecular weight is 331 g/mol. The number of carbonyl (C=O) groups excluding carboxylic acids is 2. The summed E-state index contributed by atoms with van der Waals surface area (Å²) in [6, 6.07) is 9.01. The fraction of sp³-hybridized carbons (Fsp3) is 0.312. The smallest absolute Gasteiger partial charge is 0.249 e. The van der Waals surface area contributed by atoms with Gasteiger partial charge in [0.15, 0.2) is 0 Å². The molecule has 0 saturated carbocycles. The molecule has 2 heterocycles. The minimum Gasteiger partial charge on any atom is -0.369 e. The third-order valence-corrected chi connectivity index (χ3v) is 4.26. The highest BCUT2D eigenvalue weighted by Crippen LogP contribution is 2.14. The van der Waals surface area contributed by atoms with Gasteiger partial charge in [0.2, 0.25) is 11.8 Å². The topological polar surface area (TPSA) is 71.5 Å². The van der Waals surface area contributed by atoms with Gasteiger partial charge < -0.3 is 15.0 Å². The zero-order valence-corrected chi connectivity index (χ0v) is 13.3. The van der Waals surface area contributed by atoms with Crippen LogP contribution in [0.15, 0.2) is 41.2 Å². The quantitative estimate of drug-likeness (QED) is 0.893. The summed E-state index contributed by atoms with van der Waals surface area (Å²) in [5, 5.41) is 4.70. The lowest BCUT2D eigenvalue weighted by Crippen LogP contribution is -2.55. The molecule has 1 unspecified atom stereocenters. The van der Waals surface area contributed by atoms with E-state index < -0.39 is 6.04 Å². The molecule has 1 saturated heterocycles. The molecule has 1 aliphatic rings. The lowest BCUT2D eigenvalue weighted by molar-refractivity contribution is -0.155. The number of hydrogen-bond donors (Lipinski definition) is 1. The monoisotopic (exact) mass is 331 g/mol. The normalized spacial score (nSPS) is 18.0. The second-order valence-electron chi connectivity index (χ2n) is 5.24. The number of nitrogens with zero attached hydrogens (tertiary/aromatic N) is 2. The van der Waals surface area contributed by atoms with Crippen LogP contribution in [0.25, 0.3) is 0 Å². The fourth-order valence-electron chi connectivity index (χ4n) is 2.42. The fourth-order valence-corrected chi connectivity index (χ4v) is 2.98. The van der Waals surface area contributed by atoms with Gasteiger partial charge in [0.25, 0.3) is 0 Å². The molecule has 1 aromatic heterocycles. The number of nitrogens with one attached hydrogen (secondary N) is 1. The second kappa shape index (κ2) is 7.34. The van der Waals surface area contributed by atoms with Gasteiger partial charge in [0.05, 0.1) is 24.4 Å². The van der Waals surface area contributed by atoms with Crippen molar-refractivity contribution in [2.75, 3.05) is 13.2 Å². The Morgan fingerprint density at radius 1 is 1.39 bits per heavy atom. The van der Waals surface area contributed by atoms with Crippen LogP contribution in [-0.4, -0.2) is 41.0 Å². The molecular weight excluding hydrogens is 314 g/mol. The number of thiazole rings is 1. The van der Waals surface area contributed by atoms with Crippen molar-refractivity contribution in [2.45, 2.75) is 19.1 Å². The van der Waals surface area contributed by atoms with Gasteiger partial charge in [-0.3, -0.25) is 9.59 Å². The molecule has 3 rings (SSSR count). The molecule has 0 radical (unpaired) electrons. The van der Waals surface area contributed by atoms with Crippen LogP contribution in [0.3, 0.4) is 0 Å². The zero-order valence-electron chi connectivity index (χ0n) is 12.5. The summed E-state index contributed by atoms with van der Waals surface area (Å²) >= 11 is 1.48. The minimum atomic E-state index is -0.616. The molecule has 120 valence electrons. The van der Waals surface area contributed by atoms with Crippen LogP contribution in [0.1, 0.15) is 11.3 Å². The van der Waals surface area contributed by atoms with Gasteiger partial charge in [-0.25, -0.2) is 4.98 Å². The van der Waals surface area contributed by atoms with Crippen LogP contribution in [0, 0.1) is 0 Å². The molecule has 1 aromatic carbocycles. The first-order chi connectivity index (χ1) is 11.2. The number of hydrogen-bond acceptors (Lipinski definition) is 5. The number of amides is 2. The van der Waals surface area contributed by atoms with E-state index in [2.05, 4.69) is 10.3 Å². The van der Waals surface area contributed by atoms with Crippen LogP contribution < -0.4 is 5.32 Å². The first kappa shape index (κ1) is 15.6. The van der Waals surface area contributed by atoms with Gasteiger partial charge in [-0.2, -0.15) is 0 Å². The number of rotatable bonds is 5. The Bertz CT molecular complexity index is 660. The molecule has 1 fully saturated rings. The molecule has 0 bridgehead atoms. The molecule has 23 heavy (non-hydrogen) atoms. The van der Waals surface area contributed by atoms with Crippen molar-refractivity contribution in [1.82, 2.24) is 15.2 Å². The summed E-state index contributed by atoms with van der Waals surface area (Å²) in [5.74, 6) is -0.393. The number of ether oxygens (including phenoxy) is 1. The summed E-state index contributed by atoms with van der Waals surface area (Å²) in [4.78, 5) is 30.3. The van der Waals surface area contributed by atoms with E-state index in [0.717, 1.165) is 11.3 Å². The highest BCUT2D eigenvalue weighted by molar-refractivity contribution is 7.07. The van der Waals surface area contributed by atoms with Crippen LogP contribution >= 0.6 is 11.3 Å². The van der Waals surface area contributed by atoms with Crippen LogP contribution in [0.2, 0.25) is 0 Å². The maximum absolute atomic E-state index is 12.4. The molecule has 0 spiro atoms. The number of carbonyl (C=O) groups is 2. The third kappa shape index (κ3) is 3.94. The molecule has 0 aliphatic carbocycles. The van der Waals surface area contributed by atoms with E-state index in [-0.39, 0.29) is 25.0 Å². The Morgan fingerprint density at radius 3 is 2.96 bits per heavy atom. The summed E-state index contributed by atoms with van der Waals surface area (Å²) < 4.78 is 5.25. The van der Waals surface area contributed by atoms with E-state index >= 15 is 0 Å². The molecule has 1 aliphatic heterocycles. The summed E-state index contributed by atoms with van der Waals surface area (Å²) in [6.45, 7) is 0.980. The number of benzene rings is 1. The van der Waals surface area contributed by atoms with Gasteiger partial charge in [-0.15, -0.1) is 11.3 Å². The van der Waals surface area contributed by atoms with Gasteiger partial charge in [-0.05, 0) is 5.56 Å². The second-order valence-corrected chi connectivity index (χ2v) is 5.95. The van der Waals surface area contributed by atoms with E-state index in [0.29, 0.717) is 13.1 Å². The van der Waals surface area contributed by atoms with Crippen molar-refractivity contribution in [3.8, 4) is 0 Å². The third-order valence-electron chi connectivity index (χ3n) is 3.62. The van der Waals surface area contributed by atoms with Gasteiger partial charge in [0.1, 0.15) is 12.6 Å². The van der Waals surface area contributed by atoms with E-state index in [1.165, 1.54) is 11.3 Å². The highest BCUT2D eigenvalue weighted by Gasteiger charge is 2.33. The standard InChI is InChI=1S/C16H17N3O3S/c20-15-9-22-8-14(16(21)17-6-13-10-23-11-18-13)19(15)7-12-4-2-1-3-5-12/h1-5,10-11,14H,6-9H2,(H,17,21). The summed E-state index contributed by atoms with van der Waals surface area (Å²) in [7, 11) is 0. The molecular formula is C16H17N3O3S. The van der Waals surface area contributed by atoms with E-state index in [4.69, 9.17) is 4.74 Å². The molecule has 7 heteroatoms. The predicted octanol–water partition coefficient (Wildman–Crippen LogP) is 1.19. The summed E-state index contributed by atoms with van der Waals surface area (Å²) in [5.41, 5.74) is 3.51. The van der Waals surface area contributed by atoms with Gasteiger partial charge >= 0.3 is 0 Å². The van der Waals surface area contributed by atoms with Gasteiger partial charge in [0, 0.05) is 11.9 Å². The van der Waals surface area contributed by atoms with Gasteiger partial charge in [-0.1, -0.05) is 30.3 Å². The predicted molar refractivity (Wildman–Crippen MR) is 85.6 cm³/mol. The first-order valence-electron chi connectivity index (χ1n) is 7.30. The molecule has 6 nitrogen and oxygen atoms in total. The Labute approximate surface area is 138 Å². The number of aromatic nitrogens is 1.